The molecule has 160 valence electrons. The molecule has 4 rings (SSSR count). The van der Waals surface area contributed by atoms with Crippen molar-refractivity contribution in [3.05, 3.63) is 144 Å². The van der Waals surface area contributed by atoms with E-state index in [1.807, 2.05) is 0 Å². The molecule has 2 N–H and O–H groups in total. The molecule has 0 bridgehead atoms. The number of hydrogen-bond donors (Lipinski definition) is 2. The zero-order valence-electron chi connectivity index (χ0n) is 17.1. The van der Waals surface area contributed by atoms with Gasteiger partial charge in [-0.1, -0.05) is 130 Å². The van der Waals surface area contributed by atoms with Gasteiger partial charge in [-0.2, -0.15) is 0 Å². The molecule has 0 spiro atoms. The second-order valence-corrected chi connectivity index (χ2v) is 7.97. The predicted octanol–water partition coefficient (Wildman–Crippen LogP) is 5.46. The van der Waals surface area contributed by atoms with Crippen LogP contribution in [0.4, 0.5) is 0 Å². The molecule has 0 radical (unpaired) electrons. The summed E-state index contributed by atoms with van der Waals surface area (Å²) in [4.78, 5) is 0. The van der Waals surface area contributed by atoms with Gasteiger partial charge in [0.15, 0.2) is 0 Å². The summed E-state index contributed by atoms with van der Waals surface area (Å²) in [6.07, 6.45) is 0. The van der Waals surface area contributed by atoms with E-state index in [1.165, 1.54) is 0 Å². The molecule has 4 aromatic rings. The van der Waals surface area contributed by atoms with Crippen LogP contribution in [0.1, 0.15) is 22.3 Å². The normalized spacial score (nSPS) is 11.8. The van der Waals surface area contributed by atoms with Gasteiger partial charge in [0, 0.05) is 26.8 Å². The van der Waals surface area contributed by atoms with Gasteiger partial charge in [-0.15, -0.1) is 0 Å². The van der Waals surface area contributed by atoms with E-state index < -0.39 is 19.8 Å². The Balaban J connectivity index is 1.70. The third kappa shape index (κ3) is 4.53. The molecule has 0 saturated carbocycles. The van der Waals surface area contributed by atoms with Gasteiger partial charge < -0.3 is 10.2 Å². The van der Waals surface area contributed by atoms with Crippen molar-refractivity contribution in [3.63, 3.8) is 0 Å². The van der Waals surface area contributed by atoms with E-state index in [-0.39, 0.29) is 0 Å². The standard InChI is InChI=1S/C26H22O5P/c27-25(21-13-5-1-6-14-21,22-15-7-2-8-16-22)30-32(29)31-26(28,23-17-9-3-10-18-23)24-19-11-4-12-20-24/h1-20,27-28H/q+1. The van der Waals surface area contributed by atoms with Crippen LogP contribution < -0.4 is 0 Å². The van der Waals surface area contributed by atoms with E-state index in [4.69, 9.17) is 9.05 Å². The molecule has 32 heavy (non-hydrogen) atoms. The fraction of sp³-hybridized carbons (Fsp3) is 0.0769. The molecule has 0 aliphatic carbocycles. The average Bonchev–Trinajstić information content (AvgIpc) is 2.86. The maximum Gasteiger partial charge on any atom is 0.704 e. The van der Waals surface area contributed by atoms with Crippen LogP contribution in [-0.2, 0) is 25.2 Å². The summed E-state index contributed by atoms with van der Waals surface area (Å²) in [6.45, 7) is 0. The molecule has 0 aliphatic heterocycles. The molecule has 0 amide bonds. The van der Waals surface area contributed by atoms with Crippen molar-refractivity contribution in [2.75, 3.05) is 0 Å². The lowest BCUT2D eigenvalue weighted by Crippen LogP contribution is -2.32. The van der Waals surface area contributed by atoms with Crippen molar-refractivity contribution in [1.82, 2.24) is 0 Å². The highest BCUT2D eigenvalue weighted by Crippen LogP contribution is 2.46. The van der Waals surface area contributed by atoms with Crippen molar-refractivity contribution in [1.29, 1.82) is 0 Å². The molecule has 5 nitrogen and oxygen atoms in total. The second-order valence-electron chi connectivity index (χ2n) is 7.16. The first-order valence-electron chi connectivity index (χ1n) is 10.0. The van der Waals surface area contributed by atoms with E-state index in [2.05, 4.69) is 0 Å². The first kappa shape index (κ1) is 22.0. The lowest BCUT2D eigenvalue weighted by atomic mass is 9.98. The highest BCUT2D eigenvalue weighted by Gasteiger charge is 2.50. The minimum atomic E-state index is -3.00. The fourth-order valence-corrected chi connectivity index (χ4v) is 4.33. The SMILES string of the molecule is O=[P+](OC(O)(c1ccccc1)c1ccccc1)OC(O)(c1ccccc1)c1ccccc1. The third-order valence-electron chi connectivity index (χ3n) is 5.07. The molecule has 0 aromatic heterocycles. The van der Waals surface area contributed by atoms with Gasteiger partial charge in [0.05, 0.1) is 0 Å². The summed E-state index contributed by atoms with van der Waals surface area (Å²) >= 11 is 0. The Morgan fingerprint density at radius 2 is 0.688 bits per heavy atom. The maximum atomic E-state index is 13.2. The van der Waals surface area contributed by atoms with Gasteiger partial charge in [0.1, 0.15) is 0 Å². The zero-order valence-corrected chi connectivity index (χ0v) is 18.0. The van der Waals surface area contributed by atoms with Crippen LogP contribution >= 0.6 is 8.25 Å². The smallest absolute Gasteiger partial charge is 0.355 e. The van der Waals surface area contributed by atoms with E-state index >= 15 is 0 Å². The molecule has 0 atom stereocenters. The van der Waals surface area contributed by atoms with Crippen LogP contribution in [0.25, 0.3) is 0 Å². The van der Waals surface area contributed by atoms with Crippen LogP contribution in [0, 0.1) is 0 Å². The Morgan fingerprint density at radius 1 is 0.469 bits per heavy atom. The Hall–Kier alpha value is -3.18. The van der Waals surface area contributed by atoms with Crippen molar-refractivity contribution in [2.24, 2.45) is 0 Å². The second kappa shape index (κ2) is 9.53. The minimum absolute atomic E-state index is 0.376. The molecule has 6 heteroatoms. The molecular weight excluding hydrogens is 423 g/mol. The third-order valence-corrected chi connectivity index (χ3v) is 5.90. The summed E-state index contributed by atoms with van der Waals surface area (Å²) in [5.41, 5.74) is 1.50. The Morgan fingerprint density at radius 3 is 0.906 bits per heavy atom. The molecular formula is C26H22O5P+. The fourth-order valence-electron chi connectivity index (χ4n) is 3.43. The van der Waals surface area contributed by atoms with Crippen molar-refractivity contribution < 1.29 is 23.8 Å². The van der Waals surface area contributed by atoms with Crippen molar-refractivity contribution in [2.45, 2.75) is 11.6 Å². The number of aliphatic hydroxyl groups is 2. The summed E-state index contributed by atoms with van der Waals surface area (Å²) in [5, 5.41) is 23.0. The monoisotopic (exact) mass is 445 g/mol. The lowest BCUT2D eigenvalue weighted by molar-refractivity contribution is -0.147. The Kier molecular flexibility index (Phi) is 6.56. The molecule has 0 saturated heterocycles. The average molecular weight is 445 g/mol. The quantitative estimate of drug-likeness (QED) is 0.278. The van der Waals surface area contributed by atoms with Gasteiger partial charge in [-0.25, -0.2) is 0 Å². The Bertz CT molecular complexity index is 980. The topological polar surface area (TPSA) is 76.0 Å². The molecule has 0 aliphatic rings. The highest BCUT2D eigenvalue weighted by molar-refractivity contribution is 7.33. The maximum absolute atomic E-state index is 13.2. The molecule has 0 fully saturated rings. The number of benzene rings is 4. The molecule has 0 unspecified atom stereocenters. The Labute approximate surface area is 187 Å². The van der Waals surface area contributed by atoms with Crippen molar-refractivity contribution in [3.8, 4) is 0 Å². The lowest BCUT2D eigenvalue weighted by Gasteiger charge is -2.25. The van der Waals surface area contributed by atoms with Crippen LogP contribution in [0.3, 0.4) is 0 Å². The van der Waals surface area contributed by atoms with Gasteiger partial charge in [0.25, 0.3) is 11.6 Å². The van der Waals surface area contributed by atoms with Crippen LogP contribution in [0.2, 0.25) is 0 Å². The van der Waals surface area contributed by atoms with Gasteiger partial charge in [0.2, 0.25) is 0 Å². The van der Waals surface area contributed by atoms with Crippen LogP contribution in [0.5, 0.6) is 0 Å². The number of hydrogen-bond acceptors (Lipinski definition) is 5. The van der Waals surface area contributed by atoms with Crippen LogP contribution in [0.15, 0.2) is 121 Å². The summed E-state index contributed by atoms with van der Waals surface area (Å²) in [5.74, 6) is -4.10. The van der Waals surface area contributed by atoms with E-state index in [0.717, 1.165) is 0 Å². The largest absolute Gasteiger partial charge is 0.704 e. The molecule has 4 aromatic carbocycles. The molecule has 0 heterocycles. The van der Waals surface area contributed by atoms with E-state index in [9.17, 15) is 14.8 Å². The number of rotatable bonds is 8. The first-order valence-corrected chi connectivity index (χ1v) is 11.1. The summed E-state index contributed by atoms with van der Waals surface area (Å²) < 4.78 is 24.4. The summed E-state index contributed by atoms with van der Waals surface area (Å²) in [6, 6.07) is 34.4. The van der Waals surface area contributed by atoms with E-state index in [1.54, 1.807) is 121 Å². The van der Waals surface area contributed by atoms with Crippen molar-refractivity contribution >= 4 is 8.25 Å². The first-order chi connectivity index (χ1) is 15.5. The zero-order chi connectivity index (χ0) is 22.4. The summed E-state index contributed by atoms with van der Waals surface area (Å²) in [7, 11) is -3.00. The predicted molar refractivity (Wildman–Crippen MR) is 122 cm³/mol. The minimum Gasteiger partial charge on any atom is -0.355 e. The highest BCUT2D eigenvalue weighted by atomic mass is 31.1. The van der Waals surface area contributed by atoms with Gasteiger partial charge >= 0.3 is 8.25 Å². The van der Waals surface area contributed by atoms with E-state index in [0.29, 0.717) is 22.3 Å². The van der Waals surface area contributed by atoms with Crippen LogP contribution in [-0.4, -0.2) is 10.2 Å². The van der Waals surface area contributed by atoms with Gasteiger partial charge in [-0.3, -0.25) is 0 Å². The van der Waals surface area contributed by atoms with Gasteiger partial charge in [-0.05, 0) is 0 Å².